The molecule has 1 aromatic heterocycles. The van der Waals surface area contributed by atoms with Gasteiger partial charge in [-0.1, -0.05) is 17.7 Å². The van der Waals surface area contributed by atoms with E-state index >= 15 is 0 Å². The third-order valence-corrected chi connectivity index (χ3v) is 4.24. The summed E-state index contributed by atoms with van der Waals surface area (Å²) in [5, 5.41) is 13.9. The quantitative estimate of drug-likeness (QED) is 0.484. The van der Waals surface area contributed by atoms with Gasteiger partial charge in [-0.2, -0.15) is 0 Å². The summed E-state index contributed by atoms with van der Waals surface area (Å²) >= 11 is 7.44. The molecule has 1 atom stereocenters. The van der Waals surface area contributed by atoms with Crippen molar-refractivity contribution >= 4 is 29.3 Å². The molecule has 0 aromatic carbocycles. The van der Waals surface area contributed by atoms with Gasteiger partial charge in [-0.05, 0) is 18.6 Å². The lowest BCUT2D eigenvalue weighted by Gasteiger charge is -2.38. The summed E-state index contributed by atoms with van der Waals surface area (Å²) in [6, 6.07) is 3.50. The fourth-order valence-electron chi connectivity index (χ4n) is 1.92. The molecule has 1 unspecified atom stereocenters. The highest BCUT2D eigenvalue weighted by Gasteiger charge is 2.29. The second-order valence-electron chi connectivity index (χ2n) is 4.36. The summed E-state index contributed by atoms with van der Waals surface area (Å²) in [6.07, 6.45) is 1.68. The van der Waals surface area contributed by atoms with Crippen LogP contribution < -0.4 is 0 Å². The SMILES string of the molecule is CC(c1ccc(Cl)nc1)N1CSCN(C)C1=N[N+](=O)[O-]. The van der Waals surface area contributed by atoms with Gasteiger partial charge in [0, 0.05) is 13.2 Å². The minimum absolute atomic E-state index is 0.0753. The third kappa shape index (κ3) is 3.31. The predicted molar refractivity (Wildman–Crippen MR) is 79.0 cm³/mol. The van der Waals surface area contributed by atoms with Gasteiger partial charge >= 0.3 is 0 Å². The largest absolute Gasteiger partial charge is 0.331 e. The number of hydrogen-bond acceptors (Lipinski definition) is 4. The molecule has 1 aromatic rings. The van der Waals surface area contributed by atoms with Crippen LogP contribution >= 0.6 is 23.4 Å². The zero-order valence-electron chi connectivity index (χ0n) is 11.1. The van der Waals surface area contributed by atoms with Gasteiger partial charge < -0.3 is 9.80 Å². The van der Waals surface area contributed by atoms with Crippen molar-refractivity contribution in [3.05, 3.63) is 39.2 Å². The summed E-state index contributed by atoms with van der Waals surface area (Å²) in [5.41, 5.74) is 0.932. The Kier molecular flexibility index (Phi) is 4.66. The molecule has 1 aliphatic rings. The van der Waals surface area contributed by atoms with E-state index in [0.717, 1.165) is 5.56 Å². The normalized spacial score (nSPS) is 19.2. The van der Waals surface area contributed by atoms with Crippen molar-refractivity contribution < 1.29 is 5.03 Å². The van der Waals surface area contributed by atoms with E-state index in [1.807, 2.05) is 17.9 Å². The van der Waals surface area contributed by atoms with Gasteiger partial charge in [0.1, 0.15) is 10.3 Å². The Morgan fingerprint density at radius 1 is 1.55 bits per heavy atom. The highest BCUT2D eigenvalue weighted by molar-refractivity contribution is 7.99. The average molecular weight is 316 g/mol. The monoisotopic (exact) mass is 315 g/mol. The third-order valence-electron chi connectivity index (χ3n) is 2.98. The van der Waals surface area contributed by atoms with Gasteiger partial charge in [0.25, 0.3) is 5.96 Å². The Labute approximate surface area is 125 Å². The molecule has 1 saturated heterocycles. The molecule has 0 saturated carbocycles. The number of guanidine groups is 1. The van der Waals surface area contributed by atoms with E-state index < -0.39 is 5.03 Å². The van der Waals surface area contributed by atoms with Crippen molar-refractivity contribution in [3.63, 3.8) is 0 Å². The van der Waals surface area contributed by atoms with Crippen molar-refractivity contribution in [1.82, 2.24) is 14.8 Å². The van der Waals surface area contributed by atoms with Crippen molar-refractivity contribution in [2.75, 3.05) is 18.8 Å². The summed E-state index contributed by atoms with van der Waals surface area (Å²) < 4.78 is 0. The maximum Gasteiger partial charge on any atom is 0.275 e. The van der Waals surface area contributed by atoms with Crippen LogP contribution in [-0.2, 0) is 0 Å². The molecule has 2 heterocycles. The summed E-state index contributed by atoms with van der Waals surface area (Å²) in [7, 11) is 1.79. The Hall–Kier alpha value is -1.54. The van der Waals surface area contributed by atoms with Crippen LogP contribution in [0.1, 0.15) is 18.5 Å². The molecular formula is C11H14ClN5O2S. The minimum atomic E-state index is -0.665. The topological polar surface area (TPSA) is 74.9 Å². The number of hydrazone groups is 1. The number of hydrogen-bond donors (Lipinski definition) is 0. The van der Waals surface area contributed by atoms with E-state index in [-0.39, 0.29) is 6.04 Å². The lowest BCUT2D eigenvalue weighted by Crippen LogP contribution is -2.47. The van der Waals surface area contributed by atoms with Crippen LogP contribution in [0.15, 0.2) is 23.4 Å². The number of thioether (sulfide) groups is 1. The predicted octanol–water partition coefficient (Wildman–Crippen LogP) is 2.24. The van der Waals surface area contributed by atoms with Gasteiger partial charge in [-0.15, -0.1) is 11.8 Å². The second kappa shape index (κ2) is 6.27. The van der Waals surface area contributed by atoms with Crippen molar-refractivity contribution in [1.29, 1.82) is 0 Å². The average Bonchev–Trinajstić information content (AvgIpc) is 2.41. The molecule has 9 heteroatoms. The van der Waals surface area contributed by atoms with Crippen LogP contribution in [-0.4, -0.2) is 44.6 Å². The molecule has 108 valence electrons. The summed E-state index contributed by atoms with van der Waals surface area (Å²) in [5.74, 6) is 1.67. The first-order valence-electron chi connectivity index (χ1n) is 5.89. The summed E-state index contributed by atoms with van der Waals surface area (Å²) in [6.45, 7) is 1.96. The fraction of sp³-hybridized carbons (Fsp3) is 0.455. The van der Waals surface area contributed by atoms with Crippen LogP contribution in [0.2, 0.25) is 5.15 Å². The van der Waals surface area contributed by atoms with Gasteiger partial charge in [-0.25, -0.2) is 15.1 Å². The van der Waals surface area contributed by atoms with Crippen molar-refractivity contribution in [2.24, 2.45) is 5.10 Å². The van der Waals surface area contributed by atoms with Gasteiger partial charge in [-0.3, -0.25) is 0 Å². The van der Waals surface area contributed by atoms with E-state index in [2.05, 4.69) is 10.1 Å². The Bertz CT molecular complexity index is 524. The molecule has 0 N–H and O–H groups in total. The molecule has 0 aliphatic carbocycles. The molecule has 0 amide bonds. The molecule has 0 radical (unpaired) electrons. The van der Waals surface area contributed by atoms with E-state index in [0.29, 0.717) is 22.9 Å². The molecule has 0 bridgehead atoms. The Morgan fingerprint density at radius 2 is 2.30 bits per heavy atom. The lowest BCUT2D eigenvalue weighted by atomic mass is 10.1. The minimum Gasteiger partial charge on any atom is -0.331 e. The summed E-state index contributed by atoms with van der Waals surface area (Å²) in [4.78, 5) is 18.4. The number of rotatable bonds is 3. The van der Waals surface area contributed by atoms with Crippen LogP contribution in [0.4, 0.5) is 0 Å². The Morgan fingerprint density at radius 3 is 2.90 bits per heavy atom. The second-order valence-corrected chi connectivity index (χ2v) is 5.67. The van der Waals surface area contributed by atoms with E-state index in [4.69, 9.17) is 11.6 Å². The highest BCUT2D eigenvalue weighted by Crippen LogP contribution is 2.27. The highest BCUT2D eigenvalue weighted by atomic mass is 35.5. The molecular weight excluding hydrogens is 302 g/mol. The lowest BCUT2D eigenvalue weighted by molar-refractivity contribution is -0.486. The van der Waals surface area contributed by atoms with E-state index in [1.165, 1.54) is 0 Å². The molecule has 2 rings (SSSR count). The van der Waals surface area contributed by atoms with Gasteiger partial charge in [0.15, 0.2) is 5.03 Å². The van der Waals surface area contributed by atoms with Crippen LogP contribution in [0, 0.1) is 10.1 Å². The first-order chi connectivity index (χ1) is 9.49. The first kappa shape index (κ1) is 14.9. The first-order valence-corrected chi connectivity index (χ1v) is 7.42. The zero-order chi connectivity index (χ0) is 14.7. The van der Waals surface area contributed by atoms with E-state index in [9.17, 15) is 10.1 Å². The van der Waals surface area contributed by atoms with Crippen molar-refractivity contribution in [3.8, 4) is 0 Å². The molecule has 1 fully saturated rings. The van der Waals surface area contributed by atoms with Gasteiger partial charge in [0.2, 0.25) is 0 Å². The number of nitro groups is 1. The van der Waals surface area contributed by atoms with E-state index in [1.54, 1.807) is 36.0 Å². The van der Waals surface area contributed by atoms with Crippen LogP contribution in [0.5, 0.6) is 0 Å². The number of aromatic nitrogens is 1. The Balaban J connectivity index is 2.28. The fourth-order valence-corrected chi connectivity index (χ4v) is 3.04. The standard InChI is InChI=1S/C11H14ClN5O2S/c1-8(9-3-4-10(12)13-5-9)16-7-20-6-15(2)11(16)14-17(18)19/h3-5,8H,6-7H2,1-2H3. The molecule has 7 nitrogen and oxygen atoms in total. The number of nitrogens with zero attached hydrogens (tertiary/aromatic N) is 5. The smallest absolute Gasteiger partial charge is 0.275 e. The number of halogens is 1. The van der Waals surface area contributed by atoms with Crippen molar-refractivity contribution in [2.45, 2.75) is 13.0 Å². The van der Waals surface area contributed by atoms with Crippen LogP contribution in [0.25, 0.3) is 0 Å². The molecule has 0 spiro atoms. The molecule has 20 heavy (non-hydrogen) atoms. The zero-order valence-corrected chi connectivity index (χ0v) is 12.6. The van der Waals surface area contributed by atoms with Crippen LogP contribution in [0.3, 0.4) is 0 Å². The maximum atomic E-state index is 10.7. The maximum absolute atomic E-state index is 10.7. The molecule has 1 aliphatic heterocycles. The number of pyridine rings is 1. The van der Waals surface area contributed by atoms with Gasteiger partial charge in [0.05, 0.1) is 17.8 Å².